The highest BCUT2D eigenvalue weighted by atomic mass is 35.5. The van der Waals surface area contributed by atoms with Crippen LogP contribution in [0, 0.1) is 5.82 Å². The molecule has 1 saturated heterocycles. The average Bonchev–Trinajstić information content (AvgIpc) is 2.58. The predicted octanol–water partition coefficient (Wildman–Crippen LogP) is 1.99. The number of hydrogen-bond acceptors (Lipinski definition) is 3. The van der Waals surface area contributed by atoms with Gasteiger partial charge in [0.25, 0.3) is 0 Å². The lowest BCUT2D eigenvalue weighted by Crippen LogP contribution is -2.21. The summed E-state index contributed by atoms with van der Waals surface area (Å²) in [6.07, 6.45) is 0.772. The van der Waals surface area contributed by atoms with Gasteiger partial charge in [-0.05, 0) is 18.6 Å². The van der Waals surface area contributed by atoms with Crippen molar-refractivity contribution in [2.45, 2.75) is 12.5 Å². The lowest BCUT2D eigenvalue weighted by Gasteiger charge is -2.15. The van der Waals surface area contributed by atoms with Crippen molar-refractivity contribution >= 4 is 33.8 Å². The van der Waals surface area contributed by atoms with Crippen LogP contribution in [-0.2, 0) is 10.8 Å². The second-order valence-corrected chi connectivity index (χ2v) is 5.85. The van der Waals surface area contributed by atoms with Crippen LogP contribution in [0.5, 0.6) is 0 Å². The minimum atomic E-state index is -0.796. The molecule has 1 heterocycles. The Morgan fingerprint density at radius 1 is 1.56 bits per heavy atom. The molecule has 1 fully saturated rings. The maximum absolute atomic E-state index is 13.6. The van der Waals surface area contributed by atoms with E-state index in [4.69, 9.17) is 17.3 Å². The standard InChI is InChI=1S/C10H12ClFN2OS/c11-6-3-8(12)10(9(13)4-6)14-7-1-2-16(15)5-7/h3-4,7,14H,1-2,5,13H2. The zero-order valence-corrected chi connectivity index (χ0v) is 10.1. The molecule has 88 valence electrons. The molecule has 0 radical (unpaired) electrons. The number of nitrogens with two attached hydrogens (primary N) is 1. The van der Waals surface area contributed by atoms with Gasteiger partial charge in [-0.1, -0.05) is 11.6 Å². The second-order valence-electron chi connectivity index (χ2n) is 3.79. The largest absolute Gasteiger partial charge is 0.397 e. The number of nitrogens with one attached hydrogen (secondary N) is 1. The molecule has 2 unspecified atom stereocenters. The van der Waals surface area contributed by atoms with Crippen molar-refractivity contribution in [2.24, 2.45) is 0 Å². The molecule has 6 heteroatoms. The molecular formula is C10H12ClFN2OS. The first-order chi connectivity index (χ1) is 7.56. The Balaban J connectivity index is 2.18. The van der Waals surface area contributed by atoms with Crippen LogP contribution in [0.4, 0.5) is 15.8 Å². The second kappa shape index (κ2) is 4.59. The van der Waals surface area contributed by atoms with Crippen LogP contribution in [0.25, 0.3) is 0 Å². The molecule has 0 aromatic heterocycles. The Kier molecular flexibility index (Phi) is 3.35. The molecule has 0 spiro atoms. The van der Waals surface area contributed by atoms with Gasteiger partial charge in [0, 0.05) is 33.4 Å². The van der Waals surface area contributed by atoms with Crippen molar-refractivity contribution in [2.75, 3.05) is 22.6 Å². The van der Waals surface area contributed by atoms with Crippen molar-refractivity contribution in [3.05, 3.63) is 23.0 Å². The van der Waals surface area contributed by atoms with Crippen LogP contribution >= 0.6 is 11.6 Å². The van der Waals surface area contributed by atoms with Crippen LogP contribution in [0.3, 0.4) is 0 Å². The summed E-state index contributed by atoms with van der Waals surface area (Å²) in [6.45, 7) is 0. The van der Waals surface area contributed by atoms with Gasteiger partial charge in [0.1, 0.15) is 5.82 Å². The maximum atomic E-state index is 13.6. The van der Waals surface area contributed by atoms with E-state index in [1.807, 2.05) is 0 Å². The topological polar surface area (TPSA) is 55.1 Å². The minimum absolute atomic E-state index is 0.0267. The highest BCUT2D eigenvalue weighted by molar-refractivity contribution is 7.85. The fourth-order valence-corrected chi connectivity index (χ4v) is 3.35. The Morgan fingerprint density at radius 3 is 2.88 bits per heavy atom. The number of anilines is 2. The maximum Gasteiger partial charge on any atom is 0.149 e. The van der Waals surface area contributed by atoms with Crippen molar-refractivity contribution in [3.8, 4) is 0 Å². The van der Waals surface area contributed by atoms with E-state index in [0.29, 0.717) is 11.5 Å². The molecular weight excluding hydrogens is 251 g/mol. The van der Waals surface area contributed by atoms with Crippen molar-refractivity contribution < 1.29 is 8.60 Å². The molecule has 3 N–H and O–H groups in total. The third-order valence-corrected chi connectivity index (χ3v) is 4.20. The van der Waals surface area contributed by atoms with Gasteiger partial charge in [-0.25, -0.2) is 4.39 Å². The highest BCUT2D eigenvalue weighted by Crippen LogP contribution is 2.28. The number of halogens is 2. The van der Waals surface area contributed by atoms with Gasteiger partial charge >= 0.3 is 0 Å². The molecule has 2 atom stereocenters. The zero-order chi connectivity index (χ0) is 11.7. The van der Waals surface area contributed by atoms with Gasteiger partial charge in [0.2, 0.25) is 0 Å². The quantitative estimate of drug-likeness (QED) is 0.802. The van der Waals surface area contributed by atoms with Crippen molar-refractivity contribution in [1.29, 1.82) is 0 Å². The van der Waals surface area contributed by atoms with Gasteiger partial charge in [-0.15, -0.1) is 0 Å². The summed E-state index contributed by atoms with van der Waals surface area (Å²) in [5.74, 6) is 0.733. The summed E-state index contributed by atoms with van der Waals surface area (Å²) in [4.78, 5) is 0. The Labute approximate surface area is 101 Å². The summed E-state index contributed by atoms with van der Waals surface area (Å²) in [6, 6.07) is 2.74. The van der Waals surface area contributed by atoms with Crippen LogP contribution in [0.2, 0.25) is 5.02 Å². The first-order valence-electron chi connectivity index (χ1n) is 4.92. The van der Waals surface area contributed by atoms with Gasteiger partial charge in [0.05, 0.1) is 11.4 Å². The smallest absolute Gasteiger partial charge is 0.149 e. The summed E-state index contributed by atoms with van der Waals surface area (Å²) in [5.41, 5.74) is 6.21. The van der Waals surface area contributed by atoms with Crippen molar-refractivity contribution in [1.82, 2.24) is 0 Å². The highest BCUT2D eigenvalue weighted by Gasteiger charge is 2.22. The lowest BCUT2D eigenvalue weighted by atomic mass is 10.2. The average molecular weight is 263 g/mol. The van der Waals surface area contributed by atoms with Gasteiger partial charge in [-0.2, -0.15) is 0 Å². The fraction of sp³-hybridized carbons (Fsp3) is 0.400. The number of rotatable bonds is 2. The van der Waals surface area contributed by atoms with Gasteiger partial charge < -0.3 is 11.1 Å². The summed E-state index contributed by atoms with van der Waals surface area (Å²) >= 11 is 5.67. The summed E-state index contributed by atoms with van der Waals surface area (Å²) < 4.78 is 24.8. The molecule has 0 amide bonds. The molecule has 1 aliphatic heterocycles. The molecule has 16 heavy (non-hydrogen) atoms. The minimum Gasteiger partial charge on any atom is -0.397 e. The zero-order valence-electron chi connectivity index (χ0n) is 8.50. The predicted molar refractivity (Wildman–Crippen MR) is 65.7 cm³/mol. The lowest BCUT2D eigenvalue weighted by molar-refractivity contribution is 0.627. The summed E-state index contributed by atoms with van der Waals surface area (Å²) in [7, 11) is -0.796. The molecule has 1 aromatic rings. The molecule has 0 saturated carbocycles. The normalized spacial score (nSPS) is 24.6. The molecule has 0 aliphatic carbocycles. The first-order valence-corrected chi connectivity index (χ1v) is 6.79. The fourth-order valence-electron chi connectivity index (χ4n) is 1.73. The Bertz CT molecular complexity index is 418. The SMILES string of the molecule is Nc1cc(Cl)cc(F)c1NC1CCS(=O)C1. The van der Waals surface area contributed by atoms with E-state index in [0.717, 1.165) is 6.42 Å². The van der Waals surface area contributed by atoms with Gasteiger partial charge in [0.15, 0.2) is 0 Å². The van der Waals surface area contributed by atoms with Crippen LogP contribution < -0.4 is 11.1 Å². The van der Waals surface area contributed by atoms with E-state index in [2.05, 4.69) is 5.32 Å². The van der Waals surface area contributed by atoms with E-state index in [1.54, 1.807) is 0 Å². The number of benzene rings is 1. The third kappa shape index (κ3) is 2.47. The molecule has 0 bridgehead atoms. The van der Waals surface area contributed by atoms with Crippen molar-refractivity contribution in [3.63, 3.8) is 0 Å². The van der Waals surface area contributed by atoms with E-state index < -0.39 is 16.6 Å². The Hall–Kier alpha value is -0.810. The van der Waals surface area contributed by atoms with E-state index in [-0.39, 0.29) is 22.4 Å². The van der Waals surface area contributed by atoms with E-state index in [9.17, 15) is 8.60 Å². The molecule has 1 aromatic carbocycles. The monoisotopic (exact) mass is 262 g/mol. The summed E-state index contributed by atoms with van der Waals surface area (Å²) in [5, 5.41) is 3.26. The molecule has 2 rings (SSSR count). The molecule has 1 aliphatic rings. The van der Waals surface area contributed by atoms with Crippen LogP contribution in [0.15, 0.2) is 12.1 Å². The van der Waals surface area contributed by atoms with Crippen LogP contribution in [-0.4, -0.2) is 21.8 Å². The molecule has 3 nitrogen and oxygen atoms in total. The number of hydrogen-bond donors (Lipinski definition) is 2. The number of nitrogen functional groups attached to an aromatic ring is 1. The third-order valence-electron chi connectivity index (χ3n) is 2.52. The van der Waals surface area contributed by atoms with E-state index >= 15 is 0 Å². The van der Waals surface area contributed by atoms with E-state index in [1.165, 1.54) is 12.1 Å². The van der Waals surface area contributed by atoms with Crippen LogP contribution in [0.1, 0.15) is 6.42 Å². The van der Waals surface area contributed by atoms with Gasteiger partial charge in [-0.3, -0.25) is 4.21 Å². The first kappa shape index (κ1) is 11.7. The Morgan fingerprint density at radius 2 is 2.31 bits per heavy atom.